The summed E-state index contributed by atoms with van der Waals surface area (Å²) < 4.78 is -1.81. The molecule has 0 aliphatic heterocycles. The van der Waals surface area contributed by atoms with Gasteiger partial charge in [-0.15, -0.1) is 0 Å². The van der Waals surface area contributed by atoms with Crippen molar-refractivity contribution in [1.82, 2.24) is 10.6 Å². The molecule has 0 fully saturated rings. The summed E-state index contributed by atoms with van der Waals surface area (Å²) in [6.07, 6.45) is 1.99. The third-order valence-corrected chi connectivity index (χ3v) is 4.30. The summed E-state index contributed by atoms with van der Waals surface area (Å²) in [6, 6.07) is 17.0. The summed E-state index contributed by atoms with van der Waals surface area (Å²) in [5.74, 6) is -0.430. The monoisotopic (exact) mass is 441 g/mol. The highest BCUT2D eigenvalue weighted by Crippen LogP contribution is 2.29. The molecule has 142 valence electrons. The number of aryl methyl sites for hydroxylation is 1. The van der Waals surface area contributed by atoms with E-state index in [2.05, 4.69) is 16.0 Å². The molecular formula is C19H18Cl3N3OS. The highest BCUT2D eigenvalue weighted by Gasteiger charge is 2.34. The lowest BCUT2D eigenvalue weighted by Gasteiger charge is -2.27. The maximum Gasteiger partial charge on any atom is 0.245 e. The Morgan fingerprint density at radius 1 is 1.04 bits per heavy atom. The molecule has 1 amide bonds. The lowest BCUT2D eigenvalue weighted by Crippen LogP contribution is -2.55. The average molecular weight is 443 g/mol. The molecule has 0 aromatic heterocycles. The van der Waals surface area contributed by atoms with Gasteiger partial charge in [-0.1, -0.05) is 82.8 Å². The van der Waals surface area contributed by atoms with Crippen LogP contribution in [0.5, 0.6) is 0 Å². The van der Waals surface area contributed by atoms with Crippen LogP contribution in [-0.4, -0.2) is 21.0 Å². The fourth-order valence-electron chi connectivity index (χ4n) is 2.06. The Kier molecular flexibility index (Phi) is 7.92. The maximum atomic E-state index is 12.2. The lowest BCUT2D eigenvalue weighted by molar-refractivity contribution is -0.117. The predicted octanol–water partition coefficient (Wildman–Crippen LogP) is 4.81. The number of hydrogen-bond acceptors (Lipinski definition) is 2. The molecule has 0 saturated heterocycles. The van der Waals surface area contributed by atoms with Crippen LogP contribution in [-0.2, 0) is 4.79 Å². The fourth-order valence-corrected chi connectivity index (χ4v) is 2.62. The zero-order valence-electron chi connectivity index (χ0n) is 14.4. The molecule has 0 saturated carbocycles. The number of benzene rings is 2. The standard InChI is InChI=1S/C19H18Cl3N3OS/c1-13-7-10-15(11-8-13)23-18(27)25-17(19(20,21)22)24-16(26)12-9-14-5-3-2-4-6-14/h2-12,17H,1H3,(H,24,26)(H2,23,25,27)/b12-9+/t17-/m0/s1. The van der Waals surface area contributed by atoms with Crippen LogP contribution in [0.3, 0.4) is 0 Å². The number of halogens is 3. The molecule has 0 spiro atoms. The number of rotatable bonds is 5. The molecule has 0 radical (unpaired) electrons. The van der Waals surface area contributed by atoms with Gasteiger partial charge in [0.2, 0.25) is 9.70 Å². The second-order valence-electron chi connectivity index (χ2n) is 5.69. The molecule has 2 aromatic carbocycles. The Hall–Kier alpha value is -1.79. The summed E-state index contributed by atoms with van der Waals surface area (Å²) in [6.45, 7) is 1.98. The smallest absolute Gasteiger partial charge is 0.245 e. The van der Waals surface area contributed by atoms with Crippen molar-refractivity contribution in [3.05, 3.63) is 71.8 Å². The van der Waals surface area contributed by atoms with Crippen LogP contribution in [0.2, 0.25) is 0 Å². The van der Waals surface area contributed by atoms with E-state index in [9.17, 15) is 4.79 Å². The molecular weight excluding hydrogens is 425 g/mol. The van der Waals surface area contributed by atoms with Crippen LogP contribution < -0.4 is 16.0 Å². The molecule has 1 atom stereocenters. The Bertz CT molecular complexity index is 805. The molecule has 0 heterocycles. The van der Waals surface area contributed by atoms with Gasteiger partial charge in [0.05, 0.1) is 0 Å². The molecule has 3 N–H and O–H groups in total. The minimum absolute atomic E-state index is 0.211. The van der Waals surface area contributed by atoms with E-state index >= 15 is 0 Å². The Morgan fingerprint density at radius 3 is 2.26 bits per heavy atom. The summed E-state index contributed by atoms with van der Waals surface area (Å²) in [7, 11) is 0. The van der Waals surface area contributed by atoms with Crippen molar-refractivity contribution < 1.29 is 4.79 Å². The number of thiocarbonyl (C=S) groups is 1. The summed E-state index contributed by atoms with van der Waals surface area (Å²) in [5, 5.41) is 8.59. The minimum atomic E-state index is -1.81. The number of nitrogens with one attached hydrogen (secondary N) is 3. The van der Waals surface area contributed by atoms with Crippen LogP contribution in [0.25, 0.3) is 6.08 Å². The number of carbonyl (C=O) groups is 1. The van der Waals surface area contributed by atoms with Crippen LogP contribution in [0.4, 0.5) is 5.69 Å². The topological polar surface area (TPSA) is 53.2 Å². The van der Waals surface area contributed by atoms with Crippen LogP contribution in [0, 0.1) is 6.92 Å². The van der Waals surface area contributed by atoms with Gasteiger partial charge in [-0.05, 0) is 42.9 Å². The van der Waals surface area contributed by atoms with Crippen molar-refractivity contribution in [2.75, 3.05) is 5.32 Å². The third kappa shape index (κ3) is 7.77. The van der Waals surface area contributed by atoms with Crippen LogP contribution >= 0.6 is 47.0 Å². The van der Waals surface area contributed by atoms with E-state index in [1.54, 1.807) is 6.08 Å². The van der Waals surface area contributed by atoms with E-state index in [4.69, 9.17) is 47.0 Å². The number of anilines is 1. The molecule has 0 unspecified atom stereocenters. The second kappa shape index (κ2) is 9.95. The van der Waals surface area contributed by atoms with E-state index in [1.165, 1.54) is 6.08 Å². The zero-order valence-corrected chi connectivity index (χ0v) is 17.5. The highest BCUT2D eigenvalue weighted by atomic mass is 35.6. The molecule has 2 rings (SSSR count). The van der Waals surface area contributed by atoms with Gasteiger partial charge in [0.25, 0.3) is 0 Å². The van der Waals surface area contributed by atoms with Gasteiger partial charge in [0.15, 0.2) is 5.11 Å². The number of carbonyl (C=O) groups excluding carboxylic acids is 1. The molecule has 8 heteroatoms. The first-order valence-electron chi connectivity index (χ1n) is 7.98. The normalized spacial score (nSPS) is 12.4. The molecule has 4 nitrogen and oxygen atoms in total. The largest absolute Gasteiger partial charge is 0.339 e. The van der Waals surface area contributed by atoms with E-state index in [0.29, 0.717) is 0 Å². The van der Waals surface area contributed by atoms with Crippen LogP contribution in [0.15, 0.2) is 60.7 Å². The van der Waals surface area contributed by atoms with Gasteiger partial charge in [0, 0.05) is 11.8 Å². The molecule has 2 aromatic rings. The maximum absolute atomic E-state index is 12.2. The number of hydrogen-bond donors (Lipinski definition) is 3. The Morgan fingerprint density at radius 2 is 1.67 bits per heavy atom. The number of alkyl halides is 3. The summed E-state index contributed by atoms with van der Waals surface area (Å²) in [4.78, 5) is 12.2. The summed E-state index contributed by atoms with van der Waals surface area (Å²) >= 11 is 23.2. The van der Waals surface area contributed by atoms with Crippen molar-refractivity contribution in [3.8, 4) is 0 Å². The van der Waals surface area contributed by atoms with Gasteiger partial charge in [-0.2, -0.15) is 0 Å². The third-order valence-electron chi connectivity index (χ3n) is 3.43. The van der Waals surface area contributed by atoms with Crippen molar-refractivity contribution in [2.45, 2.75) is 16.9 Å². The fraction of sp³-hybridized carbons (Fsp3) is 0.158. The SMILES string of the molecule is Cc1ccc(NC(=S)N[C@H](NC(=O)/C=C/c2ccccc2)C(Cl)(Cl)Cl)cc1. The van der Waals surface area contributed by atoms with Gasteiger partial charge in [0.1, 0.15) is 6.17 Å². The molecule has 0 aliphatic rings. The van der Waals surface area contributed by atoms with E-state index in [-0.39, 0.29) is 5.11 Å². The quantitative estimate of drug-likeness (QED) is 0.269. The molecule has 0 aliphatic carbocycles. The van der Waals surface area contributed by atoms with Gasteiger partial charge in [-0.25, -0.2) is 0 Å². The molecule has 0 bridgehead atoms. The van der Waals surface area contributed by atoms with E-state index < -0.39 is 15.9 Å². The van der Waals surface area contributed by atoms with Crippen molar-refractivity contribution in [2.24, 2.45) is 0 Å². The van der Waals surface area contributed by atoms with Crippen molar-refractivity contribution in [3.63, 3.8) is 0 Å². The Balaban J connectivity index is 1.98. The first-order valence-corrected chi connectivity index (χ1v) is 9.53. The highest BCUT2D eigenvalue weighted by molar-refractivity contribution is 7.80. The molecule has 27 heavy (non-hydrogen) atoms. The average Bonchev–Trinajstić information content (AvgIpc) is 2.61. The van der Waals surface area contributed by atoms with Crippen molar-refractivity contribution in [1.29, 1.82) is 0 Å². The van der Waals surface area contributed by atoms with Gasteiger partial charge < -0.3 is 16.0 Å². The number of amides is 1. The minimum Gasteiger partial charge on any atom is -0.339 e. The van der Waals surface area contributed by atoms with Crippen LogP contribution in [0.1, 0.15) is 11.1 Å². The van der Waals surface area contributed by atoms with Crippen molar-refractivity contribution >= 4 is 69.8 Å². The van der Waals surface area contributed by atoms with E-state index in [0.717, 1.165) is 16.8 Å². The summed E-state index contributed by atoms with van der Waals surface area (Å²) in [5.41, 5.74) is 2.77. The van der Waals surface area contributed by atoms with Gasteiger partial charge in [-0.3, -0.25) is 4.79 Å². The van der Waals surface area contributed by atoms with E-state index in [1.807, 2.05) is 61.5 Å². The predicted molar refractivity (Wildman–Crippen MR) is 118 cm³/mol. The second-order valence-corrected chi connectivity index (χ2v) is 8.47. The Labute approximate surface area is 178 Å². The zero-order chi connectivity index (χ0) is 19.9. The lowest BCUT2D eigenvalue weighted by atomic mass is 10.2. The first-order chi connectivity index (χ1) is 12.7. The first kappa shape index (κ1) is 21.5. The van der Waals surface area contributed by atoms with Gasteiger partial charge >= 0.3 is 0 Å².